The molecule has 0 saturated heterocycles. The molecular weight excluding hydrogens is 424 g/mol. The smallest absolute Gasteiger partial charge is 0.307 e. The van der Waals surface area contributed by atoms with Crippen LogP contribution in [0.1, 0.15) is 5.89 Å². The van der Waals surface area contributed by atoms with E-state index in [0.717, 1.165) is 11.3 Å². The zero-order valence-corrected chi connectivity index (χ0v) is 16.8. The summed E-state index contributed by atoms with van der Waals surface area (Å²) in [5, 5.41) is 4.30. The molecule has 0 atom stereocenters. The van der Waals surface area contributed by atoms with Gasteiger partial charge in [-0.3, -0.25) is 4.79 Å². The van der Waals surface area contributed by atoms with E-state index in [1.807, 2.05) is 0 Å². The van der Waals surface area contributed by atoms with Crippen molar-refractivity contribution in [3.63, 3.8) is 0 Å². The minimum Gasteiger partial charge on any atom is -0.338 e. The van der Waals surface area contributed by atoms with Crippen LogP contribution in [0.3, 0.4) is 0 Å². The molecule has 11 heteroatoms. The number of hydrogen-bond donors (Lipinski definition) is 1. The van der Waals surface area contributed by atoms with E-state index in [1.54, 1.807) is 37.4 Å². The Kier molecular flexibility index (Phi) is 4.79. The highest BCUT2D eigenvalue weighted by atomic mass is 35.5. The van der Waals surface area contributed by atoms with E-state index in [0.29, 0.717) is 20.8 Å². The highest BCUT2D eigenvalue weighted by molar-refractivity contribution is 7.89. The molecule has 2 aromatic carbocycles. The third kappa shape index (κ3) is 3.47. The van der Waals surface area contributed by atoms with Crippen molar-refractivity contribution < 1.29 is 12.9 Å². The number of sulfonamides is 1. The molecule has 2 heterocycles. The highest BCUT2D eigenvalue weighted by Gasteiger charge is 2.18. The lowest BCUT2D eigenvalue weighted by molar-refractivity contribution is 0.376. The van der Waals surface area contributed by atoms with Crippen LogP contribution in [0.5, 0.6) is 0 Å². The SMILES string of the molecule is Cn1c(=O)sc2cc(S(=O)(=O)NCc3nc(-c4ccccc4Cl)no3)ccc21. The van der Waals surface area contributed by atoms with Crippen molar-refractivity contribution in [1.82, 2.24) is 19.4 Å². The van der Waals surface area contributed by atoms with Crippen LogP contribution in [0.25, 0.3) is 21.6 Å². The summed E-state index contributed by atoms with van der Waals surface area (Å²) in [5.74, 6) is 0.374. The Hall–Kier alpha value is -2.53. The molecule has 2 aromatic heterocycles. The fourth-order valence-corrected chi connectivity index (χ4v) is 4.81. The van der Waals surface area contributed by atoms with Gasteiger partial charge in [0.25, 0.3) is 0 Å². The van der Waals surface area contributed by atoms with Crippen molar-refractivity contribution >= 4 is 43.2 Å². The number of hydrogen-bond acceptors (Lipinski definition) is 7. The average molecular weight is 437 g/mol. The zero-order valence-electron chi connectivity index (χ0n) is 14.4. The monoisotopic (exact) mass is 436 g/mol. The van der Waals surface area contributed by atoms with Gasteiger partial charge >= 0.3 is 4.87 Å². The van der Waals surface area contributed by atoms with Gasteiger partial charge in [-0.05, 0) is 30.3 Å². The maximum absolute atomic E-state index is 12.6. The number of aromatic nitrogens is 3. The van der Waals surface area contributed by atoms with Gasteiger partial charge in [-0.15, -0.1) is 0 Å². The standard InChI is InChI=1S/C17H13ClN4O4S2/c1-22-13-7-6-10(8-14(13)27-17(22)23)28(24,25)19-9-15-20-16(21-26-15)11-4-2-3-5-12(11)18/h2-8,19H,9H2,1H3. The quantitative estimate of drug-likeness (QED) is 0.515. The second-order valence-electron chi connectivity index (χ2n) is 5.87. The summed E-state index contributed by atoms with van der Waals surface area (Å²) in [5.41, 5.74) is 1.27. The Morgan fingerprint density at radius 3 is 2.82 bits per heavy atom. The average Bonchev–Trinajstić information content (AvgIpc) is 3.25. The summed E-state index contributed by atoms with van der Waals surface area (Å²) in [7, 11) is -2.19. The Morgan fingerprint density at radius 1 is 1.25 bits per heavy atom. The molecule has 144 valence electrons. The molecule has 28 heavy (non-hydrogen) atoms. The highest BCUT2D eigenvalue weighted by Crippen LogP contribution is 2.25. The number of nitrogens with one attached hydrogen (secondary N) is 1. The van der Waals surface area contributed by atoms with Crippen LogP contribution in [-0.4, -0.2) is 23.1 Å². The number of thiazole rings is 1. The predicted octanol–water partition coefficient (Wildman–Crippen LogP) is 2.78. The first-order chi connectivity index (χ1) is 13.3. The van der Waals surface area contributed by atoms with Gasteiger partial charge in [-0.25, -0.2) is 13.1 Å². The maximum Gasteiger partial charge on any atom is 0.307 e. The molecule has 0 amide bonds. The lowest BCUT2D eigenvalue weighted by atomic mass is 10.2. The molecule has 0 unspecified atom stereocenters. The van der Waals surface area contributed by atoms with Gasteiger partial charge in [0, 0.05) is 12.6 Å². The molecule has 0 saturated carbocycles. The largest absolute Gasteiger partial charge is 0.338 e. The molecule has 1 N–H and O–H groups in total. The number of benzene rings is 2. The van der Waals surface area contributed by atoms with Crippen molar-refractivity contribution in [2.75, 3.05) is 0 Å². The number of halogens is 1. The Balaban J connectivity index is 1.55. The van der Waals surface area contributed by atoms with E-state index in [2.05, 4.69) is 14.9 Å². The first kappa shape index (κ1) is 18.8. The Labute approximate surface area is 168 Å². The molecule has 4 rings (SSSR count). The minimum atomic E-state index is -3.83. The lowest BCUT2D eigenvalue weighted by Crippen LogP contribution is -2.23. The molecule has 0 bridgehead atoms. The zero-order chi connectivity index (χ0) is 19.9. The van der Waals surface area contributed by atoms with Crippen LogP contribution in [0.4, 0.5) is 0 Å². The van der Waals surface area contributed by atoms with E-state index >= 15 is 0 Å². The van der Waals surface area contributed by atoms with Gasteiger partial charge < -0.3 is 9.09 Å². The molecule has 0 spiro atoms. The first-order valence-corrected chi connectivity index (χ1v) is 10.7. The fraction of sp³-hybridized carbons (Fsp3) is 0.118. The van der Waals surface area contributed by atoms with Gasteiger partial charge in [0.1, 0.15) is 0 Å². The molecule has 0 aliphatic heterocycles. The van der Waals surface area contributed by atoms with E-state index in [9.17, 15) is 13.2 Å². The van der Waals surface area contributed by atoms with Crippen LogP contribution in [0, 0.1) is 0 Å². The summed E-state index contributed by atoms with van der Waals surface area (Å²) in [6, 6.07) is 11.5. The van der Waals surface area contributed by atoms with Crippen LogP contribution in [0.15, 0.2) is 56.7 Å². The number of nitrogens with zero attached hydrogens (tertiary/aromatic N) is 3. The molecule has 0 aliphatic carbocycles. The van der Waals surface area contributed by atoms with Crippen LogP contribution in [0.2, 0.25) is 5.02 Å². The van der Waals surface area contributed by atoms with Crippen molar-refractivity contribution in [3.05, 3.63) is 63.0 Å². The lowest BCUT2D eigenvalue weighted by Gasteiger charge is -2.05. The van der Waals surface area contributed by atoms with Gasteiger partial charge in [-0.1, -0.05) is 40.2 Å². The van der Waals surface area contributed by atoms with Crippen molar-refractivity contribution in [2.24, 2.45) is 7.05 Å². The summed E-state index contributed by atoms with van der Waals surface area (Å²) >= 11 is 7.09. The van der Waals surface area contributed by atoms with E-state index < -0.39 is 10.0 Å². The van der Waals surface area contributed by atoms with Crippen LogP contribution < -0.4 is 9.60 Å². The topological polar surface area (TPSA) is 107 Å². The van der Waals surface area contributed by atoms with Crippen molar-refractivity contribution in [1.29, 1.82) is 0 Å². The number of aryl methyl sites for hydroxylation is 1. The second-order valence-corrected chi connectivity index (χ2v) is 9.04. The Bertz CT molecular complexity index is 1340. The predicted molar refractivity (Wildman–Crippen MR) is 106 cm³/mol. The van der Waals surface area contributed by atoms with E-state index in [1.165, 1.54) is 16.7 Å². The third-order valence-electron chi connectivity index (χ3n) is 4.07. The summed E-state index contributed by atoms with van der Waals surface area (Å²) in [6.45, 7) is -0.178. The van der Waals surface area contributed by atoms with Gasteiger partial charge in [0.2, 0.25) is 21.7 Å². The molecule has 0 radical (unpaired) electrons. The summed E-state index contributed by atoms with van der Waals surface area (Å²) in [4.78, 5) is 15.8. The molecule has 0 fully saturated rings. The number of rotatable bonds is 5. The molecule has 8 nitrogen and oxygen atoms in total. The van der Waals surface area contributed by atoms with E-state index in [-0.39, 0.29) is 28.0 Å². The molecule has 0 aliphatic rings. The van der Waals surface area contributed by atoms with Crippen molar-refractivity contribution in [3.8, 4) is 11.4 Å². The molecule has 4 aromatic rings. The summed E-state index contributed by atoms with van der Waals surface area (Å²) < 4.78 is 34.7. The minimum absolute atomic E-state index is 0.0488. The van der Waals surface area contributed by atoms with Crippen LogP contribution >= 0.6 is 22.9 Å². The first-order valence-electron chi connectivity index (χ1n) is 8.02. The normalized spacial score (nSPS) is 11.9. The van der Waals surface area contributed by atoms with Gasteiger partial charge in [0.05, 0.1) is 26.7 Å². The second kappa shape index (κ2) is 7.13. The third-order valence-corrected chi connectivity index (χ3v) is 6.79. The van der Waals surface area contributed by atoms with Crippen molar-refractivity contribution in [2.45, 2.75) is 11.4 Å². The van der Waals surface area contributed by atoms with Crippen LogP contribution in [-0.2, 0) is 23.6 Å². The Morgan fingerprint density at radius 2 is 2.04 bits per heavy atom. The fourth-order valence-electron chi connectivity index (χ4n) is 2.60. The maximum atomic E-state index is 12.6. The summed E-state index contributed by atoms with van der Waals surface area (Å²) in [6.07, 6.45) is 0. The van der Waals surface area contributed by atoms with E-state index in [4.69, 9.17) is 16.1 Å². The molecular formula is C17H13ClN4O4S2. The van der Waals surface area contributed by atoms with Gasteiger partial charge in [-0.2, -0.15) is 4.98 Å². The number of fused-ring (bicyclic) bond motifs is 1. The van der Waals surface area contributed by atoms with Gasteiger partial charge in [0.15, 0.2) is 0 Å².